The number of carbonyl (C=O) groups excluding carboxylic acids is 1. The van der Waals surface area contributed by atoms with E-state index < -0.39 is 0 Å². The molecule has 0 aliphatic rings. The highest BCUT2D eigenvalue weighted by Crippen LogP contribution is 2.30. The molecule has 0 aliphatic carbocycles. The summed E-state index contributed by atoms with van der Waals surface area (Å²) in [7, 11) is 1.66. The van der Waals surface area contributed by atoms with Gasteiger partial charge in [-0.2, -0.15) is 0 Å². The zero-order chi connectivity index (χ0) is 19.0. The first-order chi connectivity index (χ1) is 13.0. The van der Waals surface area contributed by atoms with Gasteiger partial charge in [0.15, 0.2) is 15.9 Å². The summed E-state index contributed by atoms with van der Waals surface area (Å²) in [6, 6.07) is 8.04. The van der Waals surface area contributed by atoms with Crippen molar-refractivity contribution in [2.75, 3.05) is 12.4 Å². The van der Waals surface area contributed by atoms with Gasteiger partial charge in [-0.15, -0.1) is 21.5 Å². The summed E-state index contributed by atoms with van der Waals surface area (Å²) < 4.78 is 7.43. The average Bonchev–Trinajstić information content (AvgIpc) is 3.25. The van der Waals surface area contributed by atoms with Gasteiger partial charge in [0, 0.05) is 29.5 Å². The van der Waals surface area contributed by atoms with Gasteiger partial charge in [-0.3, -0.25) is 9.20 Å². The van der Waals surface area contributed by atoms with Gasteiger partial charge >= 0.3 is 0 Å². The second-order valence-electron chi connectivity index (χ2n) is 6.00. The van der Waals surface area contributed by atoms with Gasteiger partial charge in [0.25, 0.3) is 0 Å². The molecular formula is C18H17N5O2S2. The first-order valence-electron chi connectivity index (χ1n) is 8.22. The molecule has 7 nitrogen and oxygen atoms in total. The molecule has 0 spiro atoms. The van der Waals surface area contributed by atoms with Gasteiger partial charge in [-0.05, 0) is 30.7 Å². The van der Waals surface area contributed by atoms with E-state index in [2.05, 4.69) is 33.5 Å². The molecule has 138 valence electrons. The molecule has 0 unspecified atom stereocenters. The number of amides is 1. The predicted molar refractivity (Wildman–Crippen MR) is 108 cm³/mol. The number of aryl methyl sites for hydroxylation is 1. The lowest BCUT2D eigenvalue weighted by molar-refractivity contribution is -0.114. The molecule has 0 saturated carbocycles. The smallest absolute Gasteiger partial charge is 0.223 e. The number of hydrogen-bond acceptors (Lipinski definition) is 7. The fourth-order valence-electron chi connectivity index (χ4n) is 2.84. The van der Waals surface area contributed by atoms with Gasteiger partial charge < -0.3 is 10.1 Å². The number of hydrogen-bond donors (Lipinski definition) is 1. The summed E-state index contributed by atoms with van der Waals surface area (Å²) in [6.07, 6.45) is 0. The van der Waals surface area contributed by atoms with Crippen molar-refractivity contribution in [3.8, 4) is 5.75 Å². The van der Waals surface area contributed by atoms with Gasteiger partial charge in [0.1, 0.15) is 5.75 Å². The number of anilines is 1. The largest absolute Gasteiger partial charge is 0.497 e. The van der Waals surface area contributed by atoms with E-state index in [0.29, 0.717) is 10.9 Å². The van der Waals surface area contributed by atoms with Crippen LogP contribution in [0, 0.1) is 6.92 Å². The molecule has 3 heterocycles. The monoisotopic (exact) mass is 399 g/mol. The number of methoxy groups -OCH3 is 1. The number of ether oxygens (including phenoxy) is 1. The SMILES string of the molecule is COc1ccc2c(C)cc3nnc(SCc4csc(NC(C)=O)n4)n3c2c1. The minimum absolute atomic E-state index is 0.122. The number of carbonyl (C=O) groups is 1. The molecule has 0 atom stereocenters. The summed E-state index contributed by atoms with van der Waals surface area (Å²) in [6.45, 7) is 3.54. The molecule has 4 aromatic rings. The Bertz CT molecular complexity index is 1150. The fraction of sp³-hybridized carbons (Fsp3) is 0.222. The Morgan fingerprint density at radius 1 is 1.33 bits per heavy atom. The summed E-state index contributed by atoms with van der Waals surface area (Å²) in [5.74, 6) is 1.30. The van der Waals surface area contributed by atoms with Crippen LogP contribution in [0.1, 0.15) is 18.2 Å². The lowest BCUT2D eigenvalue weighted by Crippen LogP contribution is -2.05. The van der Waals surface area contributed by atoms with Gasteiger partial charge in [0.05, 0.1) is 18.3 Å². The Balaban J connectivity index is 1.68. The van der Waals surface area contributed by atoms with E-state index in [1.165, 1.54) is 18.3 Å². The zero-order valence-corrected chi connectivity index (χ0v) is 16.6. The molecule has 27 heavy (non-hydrogen) atoms. The number of pyridine rings is 1. The number of aromatic nitrogens is 4. The topological polar surface area (TPSA) is 81.4 Å². The molecule has 1 N–H and O–H groups in total. The van der Waals surface area contributed by atoms with Crippen LogP contribution >= 0.6 is 23.1 Å². The van der Waals surface area contributed by atoms with E-state index >= 15 is 0 Å². The third kappa shape index (κ3) is 3.47. The van der Waals surface area contributed by atoms with Gasteiger partial charge in [-0.1, -0.05) is 11.8 Å². The molecule has 1 amide bonds. The highest BCUT2D eigenvalue weighted by atomic mass is 32.2. The highest BCUT2D eigenvalue weighted by Gasteiger charge is 2.13. The van der Waals surface area contributed by atoms with Gasteiger partial charge in [0.2, 0.25) is 5.91 Å². The maximum absolute atomic E-state index is 11.1. The first kappa shape index (κ1) is 17.7. The number of thioether (sulfide) groups is 1. The fourth-order valence-corrected chi connectivity index (χ4v) is 4.55. The zero-order valence-electron chi connectivity index (χ0n) is 15.0. The average molecular weight is 400 g/mol. The summed E-state index contributed by atoms with van der Waals surface area (Å²) in [4.78, 5) is 15.6. The van der Waals surface area contributed by atoms with Crippen molar-refractivity contribution in [2.24, 2.45) is 0 Å². The minimum atomic E-state index is -0.122. The summed E-state index contributed by atoms with van der Waals surface area (Å²) >= 11 is 2.97. The third-order valence-corrected chi connectivity index (χ3v) is 5.83. The molecule has 9 heteroatoms. The number of nitrogens with one attached hydrogen (secondary N) is 1. The van der Waals surface area contributed by atoms with E-state index in [4.69, 9.17) is 4.74 Å². The maximum Gasteiger partial charge on any atom is 0.223 e. The van der Waals surface area contributed by atoms with Crippen LogP contribution in [0.15, 0.2) is 34.8 Å². The number of rotatable bonds is 5. The van der Waals surface area contributed by atoms with E-state index in [9.17, 15) is 4.79 Å². The number of thiazole rings is 1. The van der Waals surface area contributed by atoms with Gasteiger partial charge in [-0.25, -0.2) is 4.98 Å². The van der Waals surface area contributed by atoms with Crippen LogP contribution in [0.2, 0.25) is 0 Å². The third-order valence-electron chi connectivity index (χ3n) is 4.06. The molecule has 0 bridgehead atoms. The van der Waals surface area contributed by atoms with E-state index in [0.717, 1.165) is 38.7 Å². The molecular weight excluding hydrogens is 382 g/mol. The summed E-state index contributed by atoms with van der Waals surface area (Å²) in [5.41, 5.74) is 3.84. The highest BCUT2D eigenvalue weighted by molar-refractivity contribution is 7.98. The number of nitrogens with zero attached hydrogens (tertiary/aromatic N) is 4. The Labute approximate surface area is 163 Å². The Morgan fingerprint density at radius 3 is 2.96 bits per heavy atom. The summed E-state index contributed by atoms with van der Waals surface area (Å²) in [5, 5.41) is 15.8. The second-order valence-corrected chi connectivity index (χ2v) is 7.80. The maximum atomic E-state index is 11.1. The quantitative estimate of drug-likeness (QED) is 0.513. The van der Waals surface area contributed by atoms with E-state index in [1.807, 2.05) is 28.0 Å². The Kier molecular flexibility index (Phi) is 4.71. The minimum Gasteiger partial charge on any atom is -0.497 e. The van der Waals surface area contributed by atoms with Crippen LogP contribution in [0.5, 0.6) is 5.75 Å². The van der Waals surface area contributed by atoms with Crippen molar-refractivity contribution in [2.45, 2.75) is 24.8 Å². The van der Waals surface area contributed by atoms with Crippen molar-refractivity contribution in [1.82, 2.24) is 19.6 Å². The van der Waals surface area contributed by atoms with Crippen molar-refractivity contribution in [3.63, 3.8) is 0 Å². The van der Waals surface area contributed by atoms with Crippen LogP contribution in [-0.4, -0.2) is 32.6 Å². The first-order valence-corrected chi connectivity index (χ1v) is 10.1. The second kappa shape index (κ2) is 7.16. The number of fused-ring (bicyclic) bond motifs is 3. The van der Waals surface area contributed by atoms with Crippen molar-refractivity contribution in [3.05, 3.63) is 40.9 Å². The van der Waals surface area contributed by atoms with Crippen LogP contribution in [0.3, 0.4) is 0 Å². The van der Waals surface area contributed by atoms with Crippen LogP contribution in [0.4, 0.5) is 5.13 Å². The lowest BCUT2D eigenvalue weighted by atomic mass is 10.1. The lowest BCUT2D eigenvalue weighted by Gasteiger charge is -2.09. The molecule has 0 aliphatic heterocycles. The Morgan fingerprint density at radius 2 is 2.19 bits per heavy atom. The number of benzene rings is 1. The Hall–Kier alpha value is -2.65. The van der Waals surface area contributed by atoms with Crippen LogP contribution < -0.4 is 10.1 Å². The molecule has 0 fully saturated rings. The van der Waals surface area contributed by atoms with Crippen molar-refractivity contribution in [1.29, 1.82) is 0 Å². The van der Waals surface area contributed by atoms with Crippen LogP contribution in [-0.2, 0) is 10.5 Å². The van der Waals surface area contributed by atoms with Crippen LogP contribution in [0.25, 0.3) is 16.6 Å². The van der Waals surface area contributed by atoms with Crippen molar-refractivity contribution >= 4 is 50.7 Å². The molecule has 0 radical (unpaired) electrons. The van der Waals surface area contributed by atoms with Crippen molar-refractivity contribution < 1.29 is 9.53 Å². The standard InChI is InChI=1S/C18H17N5O2S2/c1-10-6-16-21-22-18(23(16)15-7-13(25-3)4-5-14(10)15)27-9-12-8-26-17(20-12)19-11(2)24/h4-8H,9H2,1-3H3,(H,19,20,24). The molecule has 3 aromatic heterocycles. The molecule has 1 aromatic carbocycles. The van der Waals surface area contributed by atoms with E-state index in [-0.39, 0.29) is 5.91 Å². The molecule has 4 rings (SSSR count). The molecule has 0 saturated heterocycles. The predicted octanol–water partition coefficient (Wildman–Crippen LogP) is 3.91. The normalized spacial score (nSPS) is 11.2. The van der Waals surface area contributed by atoms with E-state index in [1.54, 1.807) is 18.9 Å².